The molecule has 1 aromatic carbocycles. The van der Waals surface area contributed by atoms with Gasteiger partial charge in [0.15, 0.2) is 10.7 Å². The van der Waals surface area contributed by atoms with E-state index < -0.39 is 12.0 Å². The summed E-state index contributed by atoms with van der Waals surface area (Å²) in [5.74, 6) is 1.68. The number of furan rings is 1. The third-order valence-electron chi connectivity index (χ3n) is 6.58. The highest BCUT2D eigenvalue weighted by Gasteiger charge is 2.33. The summed E-state index contributed by atoms with van der Waals surface area (Å²) in [4.78, 5) is 34.2. The zero-order chi connectivity index (χ0) is 25.9. The molecule has 2 aromatic heterocycles. The molecular formula is C28H31N3O5S. The van der Waals surface area contributed by atoms with Crippen LogP contribution in [0.25, 0.3) is 6.08 Å². The second kappa shape index (κ2) is 10.8. The van der Waals surface area contributed by atoms with Gasteiger partial charge in [0.1, 0.15) is 11.5 Å². The second-order valence-corrected chi connectivity index (χ2v) is 10.0. The fourth-order valence-electron chi connectivity index (χ4n) is 4.85. The average Bonchev–Trinajstić information content (AvgIpc) is 3.49. The zero-order valence-electron chi connectivity index (χ0n) is 21.4. The van der Waals surface area contributed by atoms with Crippen molar-refractivity contribution in [2.75, 3.05) is 31.2 Å². The maximum Gasteiger partial charge on any atom is 0.338 e. The summed E-state index contributed by atoms with van der Waals surface area (Å²) < 4.78 is 19.1. The smallest absolute Gasteiger partial charge is 0.338 e. The van der Waals surface area contributed by atoms with Crippen LogP contribution < -0.4 is 24.5 Å². The summed E-state index contributed by atoms with van der Waals surface area (Å²) in [5, 5.41) is 0. The minimum absolute atomic E-state index is 0.229. The Morgan fingerprint density at radius 2 is 1.86 bits per heavy atom. The Kier molecular flexibility index (Phi) is 7.32. The van der Waals surface area contributed by atoms with Crippen molar-refractivity contribution >= 4 is 29.3 Å². The summed E-state index contributed by atoms with van der Waals surface area (Å²) in [6.45, 7) is 8.20. The molecule has 194 valence electrons. The number of hydrogen-bond donors (Lipinski definition) is 0. The van der Waals surface area contributed by atoms with Crippen LogP contribution in [0.3, 0.4) is 0 Å². The van der Waals surface area contributed by atoms with Gasteiger partial charge in [-0.3, -0.25) is 9.36 Å². The fourth-order valence-corrected chi connectivity index (χ4v) is 5.88. The lowest BCUT2D eigenvalue weighted by molar-refractivity contribution is -0.139. The number of hydrogen-bond acceptors (Lipinski definition) is 8. The molecule has 0 N–H and O–H groups in total. The molecule has 8 nitrogen and oxygen atoms in total. The molecule has 0 unspecified atom stereocenters. The van der Waals surface area contributed by atoms with Crippen molar-refractivity contribution in [3.05, 3.63) is 78.7 Å². The monoisotopic (exact) mass is 521 g/mol. The summed E-state index contributed by atoms with van der Waals surface area (Å²) in [6, 6.07) is 10.6. The lowest BCUT2D eigenvalue weighted by atomic mass is 9.96. The first-order valence-electron chi connectivity index (χ1n) is 12.8. The largest absolute Gasteiger partial charge is 0.494 e. The fraction of sp³-hybridized carbons (Fsp3) is 0.393. The summed E-state index contributed by atoms with van der Waals surface area (Å²) in [6.07, 6.45) is 5.31. The number of carbonyl (C=O) groups excluding carboxylic acids is 1. The number of nitrogens with zero attached hydrogens (tertiary/aromatic N) is 3. The molecule has 5 rings (SSSR count). The maximum atomic E-state index is 13.7. The first-order chi connectivity index (χ1) is 18.0. The Morgan fingerprint density at radius 3 is 2.57 bits per heavy atom. The highest BCUT2D eigenvalue weighted by atomic mass is 32.1. The minimum atomic E-state index is -0.659. The van der Waals surface area contributed by atoms with Crippen LogP contribution in [0.5, 0.6) is 5.75 Å². The second-order valence-electron chi connectivity index (χ2n) is 9.03. The van der Waals surface area contributed by atoms with E-state index >= 15 is 0 Å². The van der Waals surface area contributed by atoms with Crippen molar-refractivity contribution < 1.29 is 18.7 Å². The van der Waals surface area contributed by atoms with Crippen molar-refractivity contribution in [2.45, 2.75) is 46.1 Å². The van der Waals surface area contributed by atoms with Crippen molar-refractivity contribution in [3.63, 3.8) is 0 Å². The Morgan fingerprint density at radius 1 is 1.11 bits per heavy atom. The number of carbonyl (C=O) groups is 1. The molecular weight excluding hydrogens is 490 g/mol. The maximum absolute atomic E-state index is 13.7. The van der Waals surface area contributed by atoms with Crippen LogP contribution in [0.4, 0.5) is 5.88 Å². The van der Waals surface area contributed by atoms with Crippen molar-refractivity contribution in [3.8, 4) is 5.75 Å². The van der Waals surface area contributed by atoms with Gasteiger partial charge in [0.2, 0.25) is 0 Å². The predicted octanol–water partition coefficient (Wildman–Crippen LogP) is 3.78. The third kappa shape index (κ3) is 5.00. The number of fused-ring (bicyclic) bond motifs is 1. The van der Waals surface area contributed by atoms with Crippen LogP contribution >= 0.6 is 11.3 Å². The summed E-state index contributed by atoms with van der Waals surface area (Å²) >= 11 is 1.29. The normalized spacial score (nSPS) is 18.0. The SMILES string of the molecule is CCOC(=O)C1=C(C)N=c2sc(=Cc3ccc(N4CCCCC4)o3)c(=O)n2[C@H]1c1ccc(OCC)cc1. The highest BCUT2D eigenvalue weighted by Crippen LogP contribution is 2.31. The van der Waals surface area contributed by atoms with Crippen molar-refractivity contribution in [1.82, 2.24) is 4.57 Å². The number of thiazole rings is 1. The molecule has 0 radical (unpaired) electrons. The van der Waals surface area contributed by atoms with Gasteiger partial charge in [-0.25, -0.2) is 9.79 Å². The summed E-state index contributed by atoms with van der Waals surface area (Å²) in [7, 11) is 0. The van der Waals surface area contributed by atoms with Gasteiger partial charge < -0.3 is 18.8 Å². The topological polar surface area (TPSA) is 86.3 Å². The third-order valence-corrected chi connectivity index (χ3v) is 7.56. The quantitative estimate of drug-likeness (QED) is 0.440. The van der Waals surface area contributed by atoms with Crippen LogP contribution in [0.1, 0.15) is 57.4 Å². The number of benzene rings is 1. The van der Waals surface area contributed by atoms with Gasteiger partial charge in [0.25, 0.3) is 5.56 Å². The van der Waals surface area contributed by atoms with Crippen LogP contribution in [0.2, 0.25) is 0 Å². The molecule has 1 atom stereocenters. The van der Waals surface area contributed by atoms with E-state index in [0.717, 1.165) is 43.1 Å². The Labute approximate surface area is 219 Å². The van der Waals surface area contributed by atoms with Gasteiger partial charge in [-0.15, -0.1) is 0 Å². The highest BCUT2D eigenvalue weighted by molar-refractivity contribution is 7.07. The van der Waals surface area contributed by atoms with E-state index in [9.17, 15) is 9.59 Å². The molecule has 0 spiro atoms. The van der Waals surface area contributed by atoms with Crippen LogP contribution in [-0.2, 0) is 9.53 Å². The Bertz CT molecular complexity index is 1490. The number of esters is 1. The molecule has 3 aromatic rings. The number of ether oxygens (including phenoxy) is 2. The van der Waals surface area contributed by atoms with E-state index in [4.69, 9.17) is 13.9 Å². The molecule has 0 amide bonds. The van der Waals surface area contributed by atoms with Gasteiger partial charge in [-0.05, 0) is 63.8 Å². The molecule has 1 saturated heterocycles. The number of allylic oxidation sites excluding steroid dienone is 1. The lowest BCUT2D eigenvalue weighted by Gasteiger charge is -2.25. The number of rotatable bonds is 7. The van der Waals surface area contributed by atoms with Gasteiger partial charge in [-0.2, -0.15) is 0 Å². The van der Waals surface area contributed by atoms with E-state index in [2.05, 4.69) is 9.89 Å². The number of anilines is 1. The van der Waals surface area contributed by atoms with Crippen LogP contribution in [-0.4, -0.2) is 36.8 Å². The average molecular weight is 522 g/mol. The molecule has 0 bridgehead atoms. The number of aromatic nitrogens is 1. The van der Waals surface area contributed by atoms with Gasteiger partial charge >= 0.3 is 5.97 Å². The van der Waals surface area contributed by atoms with Gasteiger partial charge in [-0.1, -0.05) is 23.5 Å². The van der Waals surface area contributed by atoms with E-state index in [1.54, 1.807) is 24.5 Å². The van der Waals surface area contributed by atoms with Crippen LogP contribution in [0.15, 0.2) is 61.9 Å². The molecule has 2 aliphatic rings. The summed E-state index contributed by atoms with van der Waals surface area (Å²) in [5.41, 5.74) is 1.44. The molecule has 2 aliphatic heterocycles. The first kappa shape index (κ1) is 25.1. The molecule has 4 heterocycles. The van der Waals surface area contributed by atoms with E-state index in [0.29, 0.717) is 33.0 Å². The number of piperidine rings is 1. The van der Waals surface area contributed by atoms with Gasteiger partial charge in [0, 0.05) is 25.2 Å². The Hall–Kier alpha value is -3.59. The standard InChI is InChI=1S/C28H31N3O5S/c1-4-34-20-11-9-19(10-12-20)25-24(27(33)35-5-2)18(3)29-28-31(25)26(32)22(37-28)17-21-13-14-23(36-21)30-15-7-6-8-16-30/h9-14,17,25H,4-8,15-16H2,1-3H3/t25-/m0/s1. The van der Waals surface area contributed by atoms with Crippen molar-refractivity contribution in [2.24, 2.45) is 4.99 Å². The predicted molar refractivity (Wildman–Crippen MR) is 143 cm³/mol. The Balaban J connectivity index is 1.59. The molecule has 37 heavy (non-hydrogen) atoms. The molecule has 9 heteroatoms. The zero-order valence-corrected chi connectivity index (χ0v) is 22.2. The van der Waals surface area contributed by atoms with Gasteiger partial charge in [0.05, 0.1) is 35.1 Å². The molecule has 0 aliphatic carbocycles. The van der Waals surface area contributed by atoms with E-state index in [1.165, 1.54) is 17.8 Å². The molecule has 0 saturated carbocycles. The van der Waals surface area contributed by atoms with Crippen LogP contribution in [0, 0.1) is 0 Å². The minimum Gasteiger partial charge on any atom is -0.494 e. The van der Waals surface area contributed by atoms with Crippen molar-refractivity contribution in [1.29, 1.82) is 0 Å². The van der Waals surface area contributed by atoms with E-state index in [1.807, 2.05) is 43.3 Å². The first-order valence-corrected chi connectivity index (χ1v) is 13.6. The lowest BCUT2D eigenvalue weighted by Crippen LogP contribution is -2.39. The van der Waals surface area contributed by atoms with E-state index in [-0.39, 0.29) is 12.2 Å². The molecule has 1 fully saturated rings.